The molecule has 0 aliphatic carbocycles. The Labute approximate surface area is 93.9 Å². The maximum atomic E-state index is 9.32. The highest BCUT2D eigenvalue weighted by Crippen LogP contribution is 2.22. The van der Waals surface area contributed by atoms with Gasteiger partial charge < -0.3 is 14.8 Å². The summed E-state index contributed by atoms with van der Waals surface area (Å²) < 4.78 is 4.15. The van der Waals surface area contributed by atoms with Gasteiger partial charge in [0.25, 0.3) is 6.47 Å². The van der Waals surface area contributed by atoms with E-state index in [1.807, 2.05) is 25.3 Å². The van der Waals surface area contributed by atoms with Crippen molar-refractivity contribution in [3.05, 3.63) is 30.0 Å². The average molecular weight is 221 g/mol. The van der Waals surface area contributed by atoms with E-state index in [0.717, 1.165) is 16.5 Å². The Kier molecular flexibility index (Phi) is 4.39. The highest BCUT2D eigenvalue weighted by molar-refractivity contribution is 5.81. The van der Waals surface area contributed by atoms with Crippen LogP contribution in [0.2, 0.25) is 0 Å². The van der Waals surface area contributed by atoms with Crippen molar-refractivity contribution < 1.29 is 14.6 Å². The van der Waals surface area contributed by atoms with Gasteiger partial charge in [0, 0.05) is 17.1 Å². The van der Waals surface area contributed by atoms with Gasteiger partial charge in [0.1, 0.15) is 5.75 Å². The molecule has 1 aromatic carbocycles. The van der Waals surface area contributed by atoms with Crippen LogP contribution in [0.1, 0.15) is 12.5 Å². The molecule has 1 heterocycles. The molecule has 0 saturated carbocycles. The van der Waals surface area contributed by atoms with Gasteiger partial charge in [-0.2, -0.15) is 0 Å². The van der Waals surface area contributed by atoms with Crippen molar-refractivity contribution in [2.75, 3.05) is 6.61 Å². The minimum atomic E-state index is 0.358. The van der Waals surface area contributed by atoms with Gasteiger partial charge in [0.2, 0.25) is 0 Å². The Morgan fingerprint density at radius 2 is 2.25 bits per heavy atom. The van der Waals surface area contributed by atoms with Crippen LogP contribution in [0.15, 0.2) is 24.4 Å². The number of nitrogens with one attached hydrogen (secondary N) is 1. The second kappa shape index (κ2) is 5.80. The number of H-pyrrole nitrogens is 1. The summed E-state index contributed by atoms with van der Waals surface area (Å²) in [6, 6.07) is 5.64. The molecule has 16 heavy (non-hydrogen) atoms. The topological polar surface area (TPSA) is 62.3 Å². The number of fused-ring (bicyclic) bond motifs is 1. The quantitative estimate of drug-likeness (QED) is 0.765. The molecule has 2 aromatic rings. The lowest BCUT2D eigenvalue weighted by molar-refractivity contribution is -0.128. The summed E-state index contributed by atoms with van der Waals surface area (Å²) in [6.07, 6.45) is 1.86. The zero-order valence-corrected chi connectivity index (χ0v) is 9.36. The summed E-state index contributed by atoms with van der Waals surface area (Å²) >= 11 is 0. The van der Waals surface area contributed by atoms with E-state index in [2.05, 4.69) is 9.72 Å². The lowest BCUT2D eigenvalue weighted by atomic mass is 10.2. The average Bonchev–Trinajstić information content (AvgIpc) is 2.68. The molecule has 86 valence electrons. The second-order valence-electron chi connectivity index (χ2n) is 3.26. The third-order valence-corrected chi connectivity index (χ3v) is 2.10. The van der Waals surface area contributed by atoms with Crippen LogP contribution in [0.25, 0.3) is 10.9 Å². The summed E-state index contributed by atoms with van der Waals surface area (Å²) in [7, 11) is 0. The molecule has 2 rings (SSSR count). The fourth-order valence-electron chi connectivity index (χ4n) is 1.26. The predicted molar refractivity (Wildman–Crippen MR) is 62.4 cm³/mol. The van der Waals surface area contributed by atoms with Crippen LogP contribution in [-0.4, -0.2) is 23.2 Å². The highest BCUT2D eigenvalue weighted by atomic mass is 16.5. The molecule has 4 heteroatoms. The molecule has 0 aliphatic heterocycles. The standard InChI is InChI=1S/C9H9NO.C3H6O2/c1-6-4-8-7(2-3-10-8)5-9(6)11;1-2-5-3-4/h2-5,10-11H,1H3;3H,2H2,1H3. The van der Waals surface area contributed by atoms with Crippen LogP contribution in [0.3, 0.4) is 0 Å². The van der Waals surface area contributed by atoms with Crippen molar-refractivity contribution in [1.29, 1.82) is 0 Å². The van der Waals surface area contributed by atoms with Gasteiger partial charge in [0.15, 0.2) is 0 Å². The van der Waals surface area contributed by atoms with Crippen LogP contribution in [-0.2, 0) is 9.53 Å². The van der Waals surface area contributed by atoms with Crippen molar-refractivity contribution in [3.8, 4) is 5.75 Å². The molecular formula is C12H15NO3. The number of ether oxygens (including phenoxy) is 1. The first-order chi connectivity index (χ1) is 7.69. The van der Waals surface area contributed by atoms with E-state index in [9.17, 15) is 9.90 Å². The van der Waals surface area contributed by atoms with Crippen molar-refractivity contribution in [1.82, 2.24) is 4.98 Å². The molecule has 0 aliphatic rings. The first kappa shape index (κ1) is 12.1. The number of hydrogen-bond acceptors (Lipinski definition) is 3. The molecule has 1 aromatic heterocycles. The van der Waals surface area contributed by atoms with E-state index < -0.39 is 0 Å². The number of hydrogen-bond donors (Lipinski definition) is 2. The monoisotopic (exact) mass is 221 g/mol. The summed E-state index contributed by atoms with van der Waals surface area (Å²) in [4.78, 5) is 12.3. The van der Waals surface area contributed by atoms with Crippen molar-refractivity contribution in [2.24, 2.45) is 0 Å². The van der Waals surface area contributed by atoms with Crippen LogP contribution < -0.4 is 0 Å². The van der Waals surface area contributed by atoms with Gasteiger partial charge in [0.05, 0.1) is 6.61 Å². The smallest absolute Gasteiger partial charge is 0.293 e. The minimum absolute atomic E-state index is 0.358. The Bertz CT molecular complexity index is 426. The fraction of sp³-hybridized carbons (Fsp3) is 0.250. The lowest BCUT2D eigenvalue weighted by Crippen LogP contribution is -1.80. The summed E-state index contributed by atoms with van der Waals surface area (Å²) in [5.41, 5.74) is 1.97. The maximum Gasteiger partial charge on any atom is 0.293 e. The maximum absolute atomic E-state index is 9.32. The molecule has 0 radical (unpaired) electrons. The number of phenolic OH excluding ortho intramolecular Hbond substituents is 1. The van der Waals surface area contributed by atoms with Crippen LogP contribution in [0, 0.1) is 6.92 Å². The molecule has 0 amide bonds. The number of benzene rings is 1. The number of carbonyl (C=O) groups is 1. The van der Waals surface area contributed by atoms with Gasteiger partial charge in [-0.25, -0.2) is 0 Å². The number of rotatable bonds is 2. The van der Waals surface area contributed by atoms with Gasteiger partial charge in [-0.1, -0.05) is 0 Å². The van der Waals surface area contributed by atoms with Crippen LogP contribution >= 0.6 is 0 Å². The normalized spacial score (nSPS) is 9.38. The first-order valence-corrected chi connectivity index (χ1v) is 5.01. The summed E-state index contributed by atoms with van der Waals surface area (Å²) in [5, 5.41) is 10.4. The molecule has 0 saturated heterocycles. The molecule has 0 unspecified atom stereocenters. The fourth-order valence-corrected chi connectivity index (χ4v) is 1.26. The number of aryl methyl sites for hydroxylation is 1. The number of aromatic amines is 1. The summed E-state index contributed by atoms with van der Waals surface area (Å²) in [6.45, 7) is 4.55. The third-order valence-electron chi connectivity index (χ3n) is 2.10. The van der Waals surface area contributed by atoms with Crippen molar-refractivity contribution in [3.63, 3.8) is 0 Å². The van der Waals surface area contributed by atoms with Gasteiger partial charge in [-0.3, -0.25) is 4.79 Å². The predicted octanol–water partition coefficient (Wildman–Crippen LogP) is 2.36. The zero-order chi connectivity index (χ0) is 12.0. The number of phenols is 1. The molecule has 2 N–H and O–H groups in total. The largest absolute Gasteiger partial charge is 0.508 e. The Balaban J connectivity index is 0.000000221. The van der Waals surface area contributed by atoms with Crippen molar-refractivity contribution in [2.45, 2.75) is 13.8 Å². The molecule has 0 spiro atoms. The highest BCUT2D eigenvalue weighted by Gasteiger charge is 1.98. The van der Waals surface area contributed by atoms with Crippen LogP contribution in [0.4, 0.5) is 0 Å². The molecule has 4 nitrogen and oxygen atoms in total. The van der Waals surface area contributed by atoms with Gasteiger partial charge in [-0.15, -0.1) is 0 Å². The van der Waals surface area contributed by atoms with Crippen molar-refractivity contribution >= 4 is 17.4 Å². The first-order valence-electron chi connectivity index (χ1n) is 5.01. The van der Waals surface area contributed by atoms with Crippen LogP contribution in [0.5, 0.6) is 5.75 Å². The van der Waals surface area contributed by atoms with Gasteiger partial charge >= 0.3 is 0 Å². The Hall–Kier alpha value is -1.97. The Morgan fingerprint density at radius 1 is 1.50 bits per heavy atom. The van der Waals surface area contributed by atoms with E-state index in [-0.39, 0.29) is 0 Å². The van der Waals surface area contributed by atoms with Gasteiger partial charge in [-0.05, 0) is 37.6 Å². The van der Waals surface area contributed by atoms with E-state index in [1.165, 1.54) is 0 Å². The van der Waals surface area contributed by atoms with E-state index in [0.29, 0.717) is 18.8 Å². The SMILES string of the molecule is CCOC=O.Cc1cc2[nH]ccc2cc1O. The van der Waals surface area contributed by atoms with E-state index in [1.54, 1.807) is 13.0 Å². The number of aromatic hydroxyl groups is 1. The van der Waals surface area contributed by atoms with E-state index >= 15 is 0 Å². The molecule has 0 atom stereocenters. The molecular weight excluding hydrogens is 206 g/mol. The molecule has 0 bridgehead atoms. The molecule has 0 fully saturated rings. The zero-order valence-electron chi connectivity index (χ0n) is 9.36. The van der Waals surface area contributed by atoms with E-state index in [4.69, 9.17) is 0 Å². The number of aromatic nitrogens is 1. The minimum Gasteiger partial charge on any atom is -0.508 e. The number of carbonyl (C=O) groups excluding carboxylic acids is 1. The lowest BCUT2D eigenvalue weighted by Gasteiger charge is -1.97. The second-order valence-corrected chi connectivity index (χ2v) is 3.26. The summed E-state index contributed by atoms with van der Waals surface area (Å²) in [5.74, 6) is 0.358. The Morgan fingerprint density at radius 3 is 2.81 bits per heavy atom. The third kappa shape index (κ3) is 3.02.